The maximum Gasteiger partial charge on any atom is 0.345 e. The van der Waals surface area contributed by atoms with Crippen LogP contribution >= 0.6 is 15.2 Å². The van der Waals surface area contributed by atoms with Crippen LogP contribution < -0.4 is 0 Å². The largest absolute Gasteiger partial charge is 0.345 e. The highest BCUT2D eigenvalue weighted by atomic mass is 31.2. The molecule has 0 aliphatic heterocycles. The molecule has 0 rings (SSSR count). The molecule has 0 spiro atoms. The lowest BCUT2D eigenvalue weighted by atomic mass is 10.1. The predicted octanol–water partition coefficient (Wildman–Crippen LogP) is 7.38. The van der Waals surface area contributed by atoms with E-state index >= 15 is 0 Å². The fourth-order valence-corrected chi connectivity index (χ4v) is 8.55. The Bertz CT molecular complexity index is 394. The van der Waals surface area contributed by atoms with E-state index in [0.29, 0.717) is 6.42 Å². The fraction of sp³-hybridized carbons (Fsp3) is 1.00. The third kappa shape index (κ3) is 10.6. The summed E-state index contributed by atoms with van der Waals surface area (Å²) in [6.45, 7) is 10.1. The molecule has 0 aromatic heterocycles. The Balaban J connectivity index is 5.02. The summed E-state index contributed by atoms with van der Waals surface area (Å²) in [6.07, 6.45) is 9.65. The van der Waals surface area contributed by atoms with Gasteiger partial charge in [0.2, 0.25) is 0 Å². The summed E-state index contributed by atoms with van der Waals surface area (Å²) in [4.78, 5) is 0. The Kier molecular flexibility index (Phi) is 16.3. The average molecular weight is 428 g/mol. The molecule has 0 fully saturated rings. The van der Waals surface area contributed by atoms with Crippen molar-refractivity contribution in [1.29, 1.82) is 0 Å². The van der Waals surface area contributed by atoms with Crippen LogP contribution in [0.1, 0.15) is 92.4 Å². The molecule has 0 aromatic carbocycles. The van der Waals surface area contributed by atoms with Crippen molar-refractivity contribution in [2.24, 2.45) is 0 Å². The zero-order valence-electron chi connectivity index (χ0n) is 18.1. The summed E-state index contributed by atoms with van der Waals surface area (Å²) in [5, 5.41) is -0.870. The zero-order chi connectivity index (χ0) is 20.6. The molecular weight excluding hydrogens is 386 g/mol. The van der Waals surface area contributed by atoms with Gasteiger partial charge in [-0.25, -0.2) is 0 Å². The van der Waals surface area contributed by atoms with Crippen LogP contribution in [0.3, 0.4) is 0 Å². The van der Waals surface area contributed by atoms with Crippen molar-refractivity contribution in [2.75, 3.05) is 26.4 Å². The number of hydrogen-bond donors (Lipinski definition) is 0. The van der Waals surface area contributed by atoms with E-state index in [0.717, 1.165) is 19.3 Å². The van der Waals surface area contributed by atoms with Gasteiger partial charge in [-0.1, -0.05) is 58.3 Å². The normalized spacial score (nSPS) is 12.8. The fourth-order valence-electron chi connectivity index (χ4n) is 3.09. The molecule has 0 unspecified atom stereocenters. The molecule has 6 nitrogen and oxygen atoms in total. The molecule has 0 aliphatic rings. The minimum Gasteiger partial charge on any atom is -0.308 e. The molecule has 0 aromatic rings. The molecule has 0 saturated carbocycles. The minimum atomic E-state index is -3.59. The second-order valence-electron chi connectivity index (χ2n) is 6.49. The van der Waals surface area contributed by atoms with Gasteiger partial charge in [0.1, 0.15) is 0 Å². The lowest BCUT2D eigenvalue weighted by Gasteiger charge is -2.31. The van der Waals surface area contributed by atoms with Gasteiger partial charge in [-0.05, 0) is 34.1 Å². The molecule has 0 amide bonds. The molecular formula is C19H42O6P2. The summed E-state index contributed by atoms with van der Waals surface area (Å²) in [5.41, 5.74) is 0. The van der Waals surface area contributed by atoms with Gasteiger partial charge in [0.15, 0.2) is 5.40 Å². The Labute approximate surface area is 167 Å². The van der Waals surface area contributed by atoms with E-state index in [1.165, 1.54) is 32.1 Å². The van der Waals surface area contributed by atoms with Crippen LogP contribution in [0.15, 0.2) is 0 Å². The average Bonchev–Trinajstić information content (AvgIpc) is 2.61. The molecule has 8 heteroatoms. The van der Waals surface area contributed by atoms with Crippen molar-refractivity contribution < 1.29 is 27.2 Å². The summed E-state index contributed by atoms with van der Waals surface area (Å²) < 4.78 is 48.7. The second kappa shape index (κ2) is 16.1. The summed E-state index contributed by atoms with van der Waals surface area (Å²) in [6, 6.07) is 0. The molecule has 0 heterocycles. The summed E-state index contributed by atoms with van der Waals surface area (Å²) in [5.74, 6) is 0. The smallest absolute Gasteiger partial charge is 0.308 e. The maximum absolute atomic E-state index is 13.4. The molecule has 0 saturated heterocycles. The van der Waals surface area contributed by atoms with Gasteiger partial charge in [-0.2, -0.15) is 0 Å². The van der Waals surface area contributed by atoms with Gasteiger partial charge in [0.05, 0.1) is 26.4 Å². The number of rotatable bonds is 19. The summed E-state index contributed by atoms with van der Waals surface area (Å²) in [7, 11) is -7.19. The Morgan fingerprint density at radius 3 is 1.22 bits per heavy atom. The predicted molar refractivity (Wildman–Crippen MR) is 113 cm³/mol. The second-order valence-corrected chi connectivity index (χ2v) is 11.3. The van der Waals surface area contributed by atoms with E-state index in [1.807, 2.05) is 0 Å². The van der Waals surface area contributed by atoms with Gasteiger partial charge in [-0.3, -0.25) is 9.13 Å². The topological polar surface area (TPSA) is 71.1 Å². The van der Waals surface area contributed by atoms with Crippen molar-refractivity contribution in [1.82, 2.24) is 0 Å². The molecule has 164 valence electrons. The monoisotopic (exact) mass is 428 g/mol. The van der Waals surface area contributed by atoms with Crippen LogP contribution in [-0.4, -0.2) is 31.8 Å². The molecule has 0 N–H and O–H groups in total. The van der Waals surface area contributed by atoms with Crippen molar-refractivity contribution in [3.05, 3.63) is 0 Å². The van der Waals surface area contributed by atoms with Crippen molar-refractivity contribution in [3.63, 3.8) is 0 Å². The number of hydrogen-bond acceptors (Lipinski definition) is 6. The lowest BCUT2D eigenvalue weighted by Crippen LogP contribution is -2.18. The SMILES string of the molecule is CCCCCCCCCCC(P(=O)(OCC)OCC)P(=O)(OCC)OCC. The molecule has 0 atom stereocenters. The Morgan fingerprint density at radius 1 is 0.556 bits per heavy atom. The van der Waals surface area contributed by atoms with Crippen molar-refractivity contribution in [2.45, 2.75) is 97.8 Å². The lowest BCUT2D eigenvalue weighted by molar-refractivity contribution is 0.193. The van der Waals surface area contributed by atoms with Gasteiger partial charge >= 0.3 is 15.2 Å². The first kappa shape index (κ1) is 27.3. The van der Waals surface area contributed by atoms with E-state index < -0.39 is 20.6 Å². The van der Waals surface area contributed by atoms with Crippen LogP contribution in [0.25, 0.3) is 0 Å². The highest BCUT2D eigenvalue weighted by Gasteiger charge is 2.50. The van der Waals surface area contributed by atoms with E-state index in [2.05, 4.69) is 6.92 Å². The van der Waals surface area contributed by atoms with Gasteiger partial charge in [0.25, 0.3) is 0 Å². The van der Waals surface area contributed by atoms with Gasteiger partial charge < -0.3 is 18.1 Å². The third-order valence-corrected chi connectivity index (χ3v) is 10.4. The van der Waals surface area contributed by atoms with Crippen LogP contribution in [0.2, 0.25) is 0 Å². The van der Waals surface area contributed by atoms with Crippen LogP contribution in [0, 0.1) is 0 Å². The van der Waals surface area contributed by atoms with Crippen molar-refractivity contribution >= 4 is 15.2 Å². The minimum absolute atomic E-state index is 0.226. The molecule has 27 heavy (non-hydrogen) atoms. The Morgan fingerprint density at radius 2 is 0.889 bits per heavy atom. The first-order chi connectivity index (χ1) is 12.9. The molecule has 0 bridgehead atoms. The van der Waals surface area contributed by atoms with Crippen LogP contribution in [0.4, 0.5) is 0 Å². The summed E-state index contributed by atoms with van der Waals surface area (Å²) >= 11 is 0. The van der Waals surface area contributed by atoms with Gasteiger partial charge in [-0.15, -0.1) is 0 Å². The first-order valence-electron chi connectivity index (χ1n) is 10.7. The highest BCUT2D eigenvalue weighted by molar-refractivity contribution is 7.72. The standard InChI is InChI=1S/C19H42O6P2/c1-6-11-12-13-14-15-16-17-18-19(26(20,22-7-2)23-8-3)27(21,24-9-4)25-10-5/h19H,6-18H2,1-5H3. The van der Waals surface area contributed by atoms with Crippen LogP contribution in [-0.2, 0) is 27.2 Å². The third-order valence-electron chi connectivity index (χ3n) is 4.28. The quantitative estimate of drug-likeness (QED) is 0.158. The van der Waals surface area contributed by atoms with E-state index in [1.54, 1.807) is 27.7 Å². The van der Waals surface area contributed by atoms with E-state index in [-0.39, 0.29) is 26.4 Å². The molecule has 0 radical (unpaired) electrons. The van der Waals surface area contributed by atoms with E-state index in [9.17, 15) is 9.13 Å². The van der Waals surface area contributed by atoms with Crippen molar-refractivity contribution in [3.8, 4) is 0 Å². The highest BCUT2D eigenvalue weighted by Crippen LogP contribution is 2.71. The first-order valence-corrected chi connectivity index (χ1v) is 13.9. The number of unbranched alkanes of at least 4 members (excludes halogenated alkanes) is 7. The Hall–Kier alpha value is 0.300. The molecule has 0 aliphatic carbocycles. The van der Waals surface area contributed by atoms with Gasteiger partial charge in [0, 0.05) is 0 Å². The van der Waals surface area contributed by atoms with Crippen LogP contribution in [0.5, 0.6) is 0 Å². The maximum atomic E-state index is 13.4. The zero-order valence-corrected chi connectivity index (χ0v) is 19.9. The van der Waals surface area contributed by atoms with E-state index in [4.69, 9.17) is 18.1 Å².